The first-order valence-electron chi connectivity index (χ1n) is 7.48. The molecule has 0 unspecified atom stereocenters. The van der Waals surface area contributed by atoms with E-state index in [0.717, 1.165) is 0 Å². The molecule has 0 heterocycles. The molecule has 2 saturated carbocycles. The van der Waals surface area contributed by atoms with Crippen LogP contribution in [0.3, 0.4) is 0 Å². The van der Waals surface area contributed by atoms with Gasteiger partial charge in [-0.05, 0) is 25.7 Å². The van der Waals surface area contributed by atoms with Crippen molar-refractivity contribution in [3.05, 3.63) is 0 Å². The fourth-order valence-electron chi connectivity index (χ4n) is 3.31. The Hall–Kier alpha value is -0.101. The Morgan fingerprint density at radius 2 is 1.10 bits per heavy atom. The summed E-state index contributed by atoms with van der Waals surface area (Å²) < 4.78 is 0. The number of rotatable bonds is 2. The summed E-state index contributed by atoms with van der Waals surface area (Å²) in [5.41, 5.74) is 4.29. The van der Waals surface area contributed by atoms with Crippen LogP contribution < -0.4 is 5.73 Å². The SMILES string of the molecule is NC(=O)[S-].O=C([S-])N(C1CCCCC1)C1CCCCC1.[Cu+2]. The first kappa shape index (κ1) is 20.9. The monoisotopic (exact) mass is 379 g/mol. The van der Waals surface area contributed by atoms with Crippen molar-refractivity contribution in [3.63, 3.8) is 0 Å². The number of carbonyl (C=O) groups excluding carboxylic acids is 2. The average molecular weight is 380 g/mol. The Morgan fingerprint density at radius 1 is 0.810 bits per heavy atom. The largest absolute Gasteiger partial charge is 2.00 e. The minimum absolute atomic E-state index is 0. The van der Waals surface area contributed by atoms with Gasteiger partial charge in [0, 0.05) is 12.1 Å². The predicted molar refractivity (Wildman–Crippen MR) is 85.3 cm³/mol. The molecule has 21 heavy (non-hydrogen) atoms. The van der Waals surface area contributed by atoms with E-state index in [2.05, 4.69) is 23.3 Å². The molecule has 0 atom stereocenters. The quantitative estimate of drug-likeness (QED) is 0.591. The van der Waals surface area contributed by atoms with E-state index < -0.39 is 5.24 Å². The van der Waals surface area contributed by atoms with Crippen molar-refractivity contribution in [1.29, 1.82) is 0 Å². The summed E-state index contributed by atoms with van der Waals surface area (Å²) in [4.78, 5) is 22.8. The van der Waals surface area contributed by atoms with Crippen LogP contribution in [-0.2, 0) is 42.3 Å². The Balaban J connectivity index is 0.000000715. The number of nitrogens with zero attached hydrogens (tertiary/aromatic N) is 1. The van der Waals surface area contributed by atoms with E-state index in [9.17, 15) is 4.79 Å². The average Bonchev–Trinajstić information content (AvgIpc) is 2.40. The van der Waals surface area contributed by atoms with Crippen molar-refractivity contribution >= 4 is 35.7 Å². The molecule has 2 aliphatic rings. The summed E-state index contributed by atoms with van der Waals surface area (Å²) in [5.74, 6) is 0. The second-order valence-corrected chi connectivity index (χ2v) is 6.33. The molecule has 4 nitrogen and oxygen atoms in total. The van der Waals surface area contributed by atoms with Crippen LogP contribution in [-0.4, -0.2) is 27.5 Å². The maximum Gasteiger partial charge on any atom is 2.00 e. The molecule has 0 aromatic carbocycles. The van der Waals surface area contributed by atoms with Gasteiger partial charge in [0.05, 0.1) is 5.24 Å². The van der Waals surface area contributed by atoms with E-state index in [1.54, 1.807) is 0 Å². The minimum atomic E-state index is -0.750. The zero-order valence-electron chi connectivity index (χ0n) is 12.2. The van der Waals surface area contributed by atoms with Gasteiger partial charge in [-0.2, -0.15) is 0 Å². The molecule has 0 spiro atoms. The number of nitrogens with two attached hydrogens (primary N) is 1. The Morgan fingerprint density at radius 3 is 1.33 bits per heavy atom. The summed E-state index contributed by atoms with van der Waals surface area (Å²) in [6.45, 7) is 0. The molecular formula is C14H24CuN2O2S2. The molecule has 2 fully saturated rings. The third-order valence-corrected chi connectivity index (χ3v) is 4.36. The van der Waals surface area contributed by atoms with Gasteiger partial charge < -0.3 is 45.5 Å². The van der Waals surface area contributed by atoms with Crippen molar-refractivity contribution in [1.82, 2.24) is 4.90 Å². The number of primary amides is 1. The zero-order valence-corrected chi connectivity index (χ0v) is 14.8. The van der Waals surface area contributed by atoms with Gasteiger partial charge in [-0.25, -0.2) is 0 Å². The first-order chi connectivity index (χ1) is 9.52. The standard InChI is InChI=1S/C13H23NOS.CH3NOS.Cu/c15-13(16)14(11-7-3-1-4-8-11)12-9-5-2-6-10-12;2-1(3)4;/h11-12H,1-10H2,(H,15,16);(H3,2,3,4);/q;;+2/p-2. The van der Waals surface area contributed by atoms with Crippen LogP contribution in [0.5, 0.6) is 0 Å². The van der Waals surface area contributed by atoms with Gasteiger partial charge in [0.1, 0.15) is 5.24 Å². The van der Waals surface area contributed by atoms with E-state index in [1.165, 1.54) is 64.2 Å². The molecule has 0 saturated heterocycles. The normalized spacial score (nSPS) is 19.6. The fourth-order valence-corrected chi connectivity index (χ4v) is 3.61. The molecule has 0 aromatic heterocycles. The van der Waals surface area contributed by atoms with Gasteiger partial charge in [0.2, 0.25) is 0 Å². The molecule has 2 aliphatic carbocycles. The molecule has 7 heteroatoms. The zero-order chi connectivity index (χ0) is 15.0. The summed E-state index contributed by atoms with van der Waals surface area (Å²) in [6, 6.07) is 0.920. The Bertz CT molecular complexity index is 298. The van der Waals surface area contributed by atoms with Gasteiger partial charge >= 0.3 is 17.1 Å². The van der Waals surface area contributed by atoms with E-state index in [1.807, 2.05) is 0 Å². The topological polar surface area (TPSA) is 63.4 Å². The van der Waals surface area contributed by atoms with E-state index in [0.29, 0.717) is 12.1 Å². The maximum absolute atomic E-state index is 11.7. The van der Waals surface area contributed by atoms with Gasteiger partial charge in [0.25, 0.3) is 0 Å². The van der Waals surface area contributed by atoms with Gasteiger partial charge in [-0.1, -0.05) is 38.5 Å². The maximum atomic E-state index is 11.7. The van der Waals surface area contributed by atoms with Crippen LogP contribution >= 0.6 is 0 Å². The second kappa shape index (κ2) is 11.5. The smallest absolute Gasteiger partial charge is 0.719 e. The Labute approximate surface area is 149 Å². The van der Waals surface area contributed by atoms with E-state index in [-0.39, 0.29) is 22.3 Å². The second-order valence-electron chi connectivity index (χ2n) is 5.58. The third-order valence-electron chi connectivity index (χ3n) is 4.15. The number of amides is 2. The van der Waals surface area contributed by atoms with Crippen LogP contribution in [0.25, 0.3) is 0 Å². The number of hydrogen-bond acceptors (Lipinski definition) is 4. The van der Waals surface area contributed by atoms with Crippen LogP contribution in [0.4, 0.5) is 9.59 Å². The summed E-state index contributed by atoms with van der Waals surface area (Å²) in [7, 11) is 0. The van der Waals surface area contributed by atoms with Gasteiger partial charge in [0.15, 0.2) is 0 Å². The molecular weight excluding hydrogens is 356 g/mol. The molecule has 1 radical (unpaired) electrons. The molecule has 0 bridgehead atoms. The van der Waals surface area contributed by atoms with Crippen molar-refractivity contribution < 1.29 is 26.7 Å². The summed E-state index contributed by atoms with van der Waals surface area (Å²) in [5, 5.41) is -0.848. The third kappa shape index (κ3) is 8.19. The molecule has 2 rings (SSSR count). The van der Waals surface area contributed by atoms with E-state index >= 15 is 0 Å². The number of hydrogen-bond donors (Lipinski definition) is 1. The minimum Gasteiger partial charge on any atom is -0.719 e. The fraction of sp³-hybridized carbons (Fsp3) is 0.857. The van der Waals surface area contributed by atoms with Crippen molar-refractivity contribution in [2.45, 2.75) is 76.3 Å². The van der Waals surface area contributed by atoms with Gasteiger partial charge in [-0.15, -0.1) is 0 Å². The van der Waals surface area contributed by atoms with Crippen molar-refractivity contribution in [2.75, 3.05) is 0 Å². The van der Waals surface area contributed by atoms with Crippen LogP contribution in [0.1, 0.15) is 64.2 Å². The summed E-state index contributed by atoms with van der Waals surface area (Å²) in [6.07, 6.45) is 12.5. The Kier molecular flexibility index (Phi) is 11.4. The summed E-state index contributed by atoms with van der Waals surface area (Å²) >= 11 is 8.71. The predicted octanol–water partition coefficient (Wildman–Crippen LogP) is 3.23. The van der Waals surface area contributed by atoms with E-state index in [4.69, 9.17) is 17.4 Å². The first-order valence-corrected chi connectivity index (χ1v) is 8.29. The molecule has 2 N–H and O–H groups in total. The van der Waals surface area contributed by atoms with Crippen LogP contribution in [0.2, 0.25) is 0 Å². The van der Waals surface area contributed by atoms with Crippen LogP contribution in [0.15, 0.2) is 0 Å². The molecule has 0 aliphatic heterocycles. The van der Waals surface area contributed by atoms with Crippen LogP contribution in [0, 0.1) is 0 Å². The van der Waals surface area contributed by atoms with Crippen molar-refractivity contribution in [2.24, 2.45) is 5.73 Å². The molecule has 0 aromatic rings. The number of carbonyl (C=O) groups is 2. The molecule has 2 amide bonds. The molecule has 125 valence electrons. The van der Waals surface area contributed by atoms with Crippen molar-refractivity contribution in [3.8, 4) is 0 Å². The van der Waals surface area contributed by atoms with Gasteiger partial charge in [-0.3, -0.25) is 0 Å².